The second-order valence-electron chi connectivity index (χ2n) is 9.71. The molecule has 1 saturated heterocycles. The van der Waals surface area contributed by atoms with Crippen molar-refractivity contribution in [1.82, 2.24) is 4.98 Å². The van der Waals surface area contributed by atoms with Gasteiger partial charge in [0.05, 0.1) is 16.8 Å². The molecule has 5 aromatic rings. The maximum atomic E-state index is 13.6. The van der Waals surface area contributed by atoms with E-state index < -0.39 is 35.7 Å². The second kappa shape index (κ2) is 11.9. The highest BCUT2D eigenvalue weighted by Crippen LogP contribution is 2.31. The number of rotatable bonds is 8. The van der Waals surface area contributed by atoms with Crippen LogP contribution in [-0.4, -0.2) is 34.9 Å². The molecule has 0 radical (unpaired) electrons. The highest BCUT2D eigenvalue weighted by Gasteiger charge is 2.52. The summed E-state index contributed by atoms with van der Waals surface area (Å²) in [7, 11) is 0. The van der Waals surface area contributed by atoms with Crippen molar-refractivity contribution in [2.45, 2.75) is 18.8 Å². The zero-order chi connectivity index (χ0) is 30.1. The number of thiazole rings is 1. The summed E-state index contributed by atoms with van der Waals surface area (Å²) in [5, 5.41) is 4.48. The molecule has 3 amide bonds. The maximum absolute atomic E-state index is 13.6. The molecule has 2 heterocycles. The lowest BCUT2D eigenvalue weighted by Gasteiger charge is -2.23. The van der Waals surface area contributed by atoms with Gasteiger partial charge in [-0.1, -0.05) is 53.3 Å². The van der Waals surface area contributed by atoms with E-state index in [0.29, 0.717) is 27.1 Å². The summed E-state index contributed by atoms with van der Waals surface area (Å²) in [6.07, 6.45) is -2.03. The number of aromatic nitrogens is 1. The topological polar surface area (TPSA) is 121 Å². The predicted octanol–water partition coefficient (Wildman–Crippen LogP) is 5.55. The Hall–Kier alpha value is -4.68. The highest BCUT2D eigenvalue weighted by atomic mass is 35.5. The van der Waals surface area contributed by atoms with Crippen molar-refractivity contribution in [1.29, 1.82) is 0 Å². The van der Waals surface area contributed by atoms with Crippen LogP contribution in [0, 0.1) is 5.82 Å². The molecule has 0 aliphatic carbocycles. The van der Waals surface area contributed by atoms with Crippen molar-refractivity contribution >= 4 is 67.4 Å². The van der Waals surface area contributed by atoms with Crippen LogP contribution >= 0.6 is 22.9 Å². The molecular weight excluding hydrogens is 593 g/mol. The number of halogens is 2. The highest BCUT2D eigenvalue weighted by molar-refractivity contribution is 7.22. The molecule has 4 aromatic carbocycles. The van der Waals surface area contributed by atoms with Crippen LogP contribution in [0.1, 0.15) is 15.9 Å². The molecule has 12 heteroatoms. The van der Waals surface area contributed by atoms with E-state index in [2.05, 4.69) is 10.3 Å². The first-order chi connectivity index (χ1) is 20.8. The van der Waals surface area contributed by atoms with E-state index in [9.17, 15) is 18.8 Å². The normalized spacial score (nSPS) is 15.6. The van der Waals surface area contributed by atoms with E-state index >= 15 is 0 Å². The van der Waals surface area contributed by atoms with Gasteiger partial charge >= 0.3 is 0 Å². The zero-order valence-corrected chi connectivity index (χ0v) is 23.9. The molecular formula is C31H23ClFN5O4S. The van der Waals surface area contributed by atoms with Crippen molar-refractivity contribution in [2.75, 3.05) is 15.2 Å². The minimum atomic E-state index is -1.03. The molecule has 1 aliphatic rings. The minimum Gasteiger partial charge on any atom is -0.349 e. The van der Waals surface area contributed by atoms with Crippen molar-refractivity contribution in [3.63, 3.8) is 0 Å². The van der Waals surface area contributed by atoms with Gasteiger partial charge in [0.2, 0.25) is 5.13 Å². The van der Waals surface area contributed by atoms with Crippen LogP contribution < -0.4 is 21.1 Å². The molecule has 2 atom stereocenters. The Labute approximate surface area is 254 Å². The first-order valence-electron chi connectivity index (χ1n) is 13.1. The van der Waals surface area contributed by atoms with E-state index in [1.165, 1.54) is 28.4 Å². The first-order valence-corrected chi connectivity index (χ1v) is 14.3. The van der Waals surface area contributed by atoms with Crippen molar-refractivity contribution in [3.8, 4) is 0 Å². The molecule has 0 unspecified atom stereocenters. The lowest BCUT2D eigenvalue weighted by Crippen LogP contribution is -2.38. The van der Waals surface area contributed by atoms with E-state index in [-0.39, 0.29) is 12.1 Å². The number of hydrogen-bond donors (Lipinski definition) is 2. The average molecular weight is 616 g/mol. The molecule has 0 spiro atoms. The van der Waals surface area contributed by atoms with Crippen LogP contribution in [0.4, 0.5) is 20.9 Å². The van der Waals surface area contributed by atoms with E-state index in [4.69, 9.17) is 22.2 Å². The Morgan fingerprint density at radius 2 is 1.70 bits per heavy atom. The minimum absolute atomic E-state index is 0.0730. The zero-order valence-electron chi connectivity index (χ0n) is 22.3. The number of benzene rings is 4. The summed E-state index contributed by atoms with van der Waals surface area (Å²) >= 11 is 7.29. The van der Waals surface area contributed by atoms with Crippen molar-refractivity contribution in [2.24, 2.45) is 5.84 Å². The summed E-state index contributed by atoms with van der Waals surface area (Å²) in [5.41, 5.74) is 2.58. The SMILES string of the molecule is NN(C(=O)c1ccc(N(Cc2ccc(F)cc2)C(=O)[C@H]2O[C@@H]2C(=O)Nc2cccc(Cl)c2)cc1)c1nc2ccccc2s1. The molecule has 6 rings (SSSR count). The predicted molar refractivity (Wildman–Crippen MR) is 163 cm³/mol. The monoisotopic (exact) mass is 615 g/mol. The number of hydrogen-bond acceptors (Lipinski definition) is 7. The summed E-state index contributed by atoms with van der Waals surface area (Å²) < 4.78 is 19.9. The summed E-state index contributed by atoms with van der Waals surface area (Å²) in [5.74, 6) is 4.28. The molecule has 216 valence electrons. The van der Waals surface area contributed by atoms with Gasteiger partial charge < -0.3 is 15.0 Å². The van der Waals surface area contributed by atoms with Crippen LogP contribution in [0.15, 0.2) is 97.1 Å². The Kier molecular flexibility index (Phi) is 7.87. The number of nitrogens with zero attached hydrogens (tertiary/aromatic N) is 3. The maximum Gasteiger partial charge on any atom is 0.274 e. The first kappa shape index (κ1) is 28.4. The van der Waals surface area contributed by atoms with Crippen LogP contribution in [0.2, 0.25) is 5.02 Å². The third-order valence-corrected chi connectivity index (χ3v) is 8.01. The van der Waals surface area contributed by atoms with Crippen molar-refractivity contribution < 1.29 is 23.5 Å². The third kappa shape index (κ3) is 6.25. The van der Waals surface area contributed by atoms with Gasteiger partial charge in [-0.15, -0.1) is 0 Å². The molecule has 0 bridgehead atoms. The average Bonchev–Trinajstić information content (AvgIpc) is 3.71. The van der Waals surface area contributed by atoms with Gasteiger partial charge in [0.25, 0.3) is 17.7 Å². The van der Waals surface area contributed by atoms with Gasteiger partial charge in [0, 0.05) is 22.0 Å². The summed E-state index contributed by atoms with van der Waals surface area (Å²) in [6.45, 7) is 0.0730. The number of fused-ring (bicyclic) bond motifs is 1. The lowest BCUT2D eigenvalue weighted by atomic mass is 10.1. The van der Waals surface area contributed by atoms with E-state index in [1.54, 1.807) is 60.7 Å². The van der Waals surface area contributed by atoms with Gasteiger partial charge in [-0.25, -0.2) is 20.2 Å². The number of para-hydroxylation sites is 1. The molecule has 0 saturated carbocycles. The molecule has 3 N–H and O–H groups in total. The second-order valence-corrected chi connectivity index (χ2v) is 11.2. The summed E-state index contributed by atoms with van der Waals surface area (Å²) in [4.78, 5) is 45.4. The lowest BCUT2D eigenvalue weighted by molar-refractivity contribution is -0.120. The Bertz CT molecular complexity index is 1800. The number of ether oxygens (including phenoxy) is 1. The van der Waals surface area contributed by atoms with Crippen LogP contribution in [0.5, 0.6) is 0 Å². The Morgan fingerprint density at radius 1 is 0.953 bits per heavy atom. The number of amides is 3. The number of carbonyl (C=O) groups is 3. The third-order valence-electron chi connectivity index (χ3n) is 6.74. The van der Waals surface area contributed by atoms with Gasteiger partial charge in [-0.3, -0.25) is 14.4 Å². The van der Waals surface area contributed by atoms with Crippen LogP contribution in [0.3, 0.4) is 0 Å². The quantitative estimate of drug-likeness (QED) is 0.102. The molecule has 43 heavy (non-hydrogen) atoms. The van der Waals surface area contributed by atoms with Gasteiger partial charge in [0.1, 0.15) is 5.82 Å². The number of carbonyl (C=O) groups excluding carboxylic acids is 3. The van der Waals surface area contributed by atoms with Gasteiger partial charge in [-0.05, 0) is 72.3 Å². The smallest absolute Gasteiger partial charge is 0.274 e. The molecule has 1 fully saturated rings. The number of epoxide rings is 1. The largest absolute Gasteiger partial charge is 0.349 e. The number of hydrazine groups is 1. The number of nitrogens with one attached hydrogen (secondary N) is 1. The summed E-state index contributed by atoms with van der Waals surface area (Å²) in [6, 6.07) is 26.1. The molecule has 1 aromatic heterocycles. The van der Waals surface area contributed by atoms with Crippen molar-refractivity contribution in [3.05, 3.63) is 119 Å². The fourth-order valence-corrected chi connectivity index (χ4v) is 5.55. The van der Waals surface area contributed by atoms with E-state index in [1.807, 2.05) is 24.3 Å². The number of anilines is 3. The fourth-order valence-electron chi connectivity index (χ4n) is 4.47. The fraction of sp³-hybridized carbons (Fsp3) is 0.0968. The Morgan fingerprint density at radius 3 is 2.42 bits per heavy atom. The van der Waals surface area contributed by atoms with Gasteiger partial charge in [0.15, 0.2) is 12.2 Å². The van der Waals surface area contributed by atoms with E-state index in [0.717, 1.165) is 15.2 Å². The van der Waals surface area contributed by atoms with Crippen LogP contribution in [-0.2, 0) is 20.9 Å². The van der Waals surface area contributed by atoms with Crippen LogP contribution in [0.25, 0.3) is 10.2 Å². The standard InChI is InChI=1S/C31H23ClFN5O4S/c32-20-4-3-5-22(16-20)35-28(39)26-27(42-26)30(41)37(17-18-8-12-21(33)13-9-18)23-14-10-19(11-15-23)29(40)38(34)31-36-24-6-1-2-7-25(24)43-31/h1-16,26-27H,17,34H2,(H,35,39)/t26-,27-/m0/s1. The molecule has 1 aliphatic heterocycles. The molecule has 9 nitrogen and oxygen atoms in total. The Balaban J connectivity index is 1.20. The number of nitrogens with two attached hydrogens (primary N) is 1. The van der Waals surface area contributed by atoms with Gasteiger partial charge in [-0.2, -0.15) is 0 Å².